The van der Waals surface area contributed by atoms with E-state index in [0.29, 0.717) is 0 Å². The summed E-state index contributed by atoms with van der Waals surface area (Å²) < 4.78 is 30.9. The molecular weight excluding hydrogens is 242 g/mol. The summed E-state index contributed by atoms with van der Waals surface area (Å²) in [4.78, 5) is 0. The molecule has 5 nitrogen and oxygen atoms in total. The molecule has 100 valence electrons. The zero-order chi connectivity index (χ0) is 12.3. The lowest BCUT2D eigenvalue weighted by atomic mass is 9.95. The van der Waals surface area contributed by atoms with Gasteiger partial charge in [-0.15, -0.1) is 0 Å². The third-order valence-corrected chi connectivity index (χ3v) is 5.37. The summed E-state index contributed by atoms with van der Waals surface area (Å²) in [6, 6.07) is 0.0847. The van der Waals surface area contributed by atoms with Crippen LogP contribution in [0.3, 0.4) is 0 Å². The van der Waals surface area contributed by atoms with Gasteiger partial charge in [0, 0.05) is 12.6 Å². The first-order chi connectivity index (χ1) is 8.09. The Morgan fingerprint density at radius 3 is 2.59 bits per heavy atom. The van der Waals surface area contributed by atoms with Gasteiger partial charge in [0.1, 0.15) is 0 Å². The Kier molecular flexibility index (Phi) is 4.41. The van der Waals surface area contributed by atoms with Gasteiger partial charge in [0.2, 0.25) is 10.0 Å². The smallest absolute Gasteiger partial charge is 0.216 e. The van der Waals surface area contributed by atoms with Crippen molar-refractivity contribution in [3.8, 4) is 0 Å². The molecule has 0 aromatic carbocycles. The standard InChI is InChI=1S/C11H21NO4S/c13-11-8-12(10-4-2-1-3-5-10)17(14,15)7-6-16-9-11/h10-11,13H,1-9H2. The first-order valence-corrected chi connectivity index (χ1v) is 7.96. The summed E-state index contributed by atoms with van der Waals surface area (Å²) in [5, 5.41) is 9.72. The summed E-state index contributed by atoms with van der Waals surface area (Å²) in [5.74, 6) is 0.0379. The summed E-state index contributed by atoms with van der Waals surface area (Å²) >= 11 is 0. The lowest BCUT2D eigenvalue weighted by Crippen LogP contribution is -2.49. The Labute approximate surface area is 103 Å². The number of nitrogens with zero attached hydrogens (tertiary/aromatic N) is 1. The molecule has 1 saturated carbocycles. The third kappa shape index (κ3) is 3.40. The molecule has 1 N–H and O–H groups in total. The van der Waals surface area contributed by atoms with E-state index in [4.69, 9.17) is 4.74 Å². The van der Waals surface area contributed by atoms with Crippen LogP contribution in [0.2, 0.25) is 0 Å². The summed E-state index contributed by atoms with van der Waals surface area (Å²) in [6.45, 7) is 0.606. The van der Waals surface area contributed by atoms with E-state index in [1.165, 1.54) is 10.7 Å². The Hall–Kier alpha value is -0.170. The topological polar surface area (TPSA) is 66.8 Å². The Bertz CT molecular complexity index is 337. The number of β-amino-alcohol motifs (C(OH)–C–C–N with tert-alkyl or cyclic N) is 1. The maximum Gasteiger partial charge on any atom is 0.216 e. The van der Waals surface area contributed by atoms with Gasteiger partial charge in [0.25, 0.3) is 0 Å². The van der Waals surface area contributed by atoms with Crippen LogP contribution in [0.1, 0.15) is 32.1 Å². The highest BCUT2D eigenvalue weighted by molar-refractivity contribution is 7.89. The first-order valence-electron chi connectivity index (χ1n) is 6.35. The highest BCUT2D eigenvalue weighted by Gasteiger charge is 2.33. The molecule has 1 heterocycles. The highest BCUT2D eigenvalue weighted by atomic mass is 32.2. The third-order valence-electron chi connectivity index (χ3n) is 3.53. The van der Waals surface area contributed by atoms with Crippen LogP contribution in [-0.2, 0) is 14.8 Å². The van der Waals surface area contributed by atoms with Crippen LogP contribution in [0.25, 0.3) is 0 Å². The molecule has 6 heteroatoms. The van der Waals surface area contributed by atoms with E-state index < -0.39 is 16.1 Å². The van der Waals surface area contributed by atoms with E-state index in [1.807, 2.05) is 0 Å². The zero-order valence-electron chi connectivity index (χ0n) is 10.0. The fourth-order valence-electron chi connectivity index (χ4n) is 2.62. The number of sulfonamides is 1. The molecule has 1 aliphatic carbocycles. The molecule has 0 amide bonds. The van der Waals surface area contributed by atoms with E-state index in [2.05, 4.69) is 0 Å². The SMILES string of the molecule is O=S1(=O)CCOCC(O)CN1C1CCCCC1. The molecule has 0 aromatic heterocycles. The molecule has 2 rings (SSSR count). The number of aliphatic hydroxyl groups is 1. The van der Waals surface area contributed by atoms with Crippen molar-refractivity contribution in [1.29, 1.82) is 0 Å². The predicted octanol–water partition coefficient (Wildman–Crippen LogP) is 0.342. The maximum absolute atomic E-state index is 12.1. The monoisotopic (exact) mass is 263 g/mol. The van der Waals surface area contributed by atoms with Crippen LogP contribution in [0.4, 0.5) is 0 Å². The minimum atomic E-state index is -3.27. The maximum atomic E-state index is 12.1. The van der Waals surface area contributed by atoms with E-state index >= 15 is 0 Å². The number of rotatable bonds is 1. The van der Waals surface area contributed by atoms with Crippen molar-refractivity contribution >= 4 is 10.0 Å². The Morgan fingerprint density at radius 1 is 1.18 bits per heavy atom. The molecule has 2 aliphatic rings. The number of hydrogen-bond acceptors (Lipinski definition) is 4. The fraction of sp³-hybridized carbons (Fsp3) is 1.00. The minimum absolute atomic E-state index is 0.0379. The molecular formula is C11H21NO4S. The van der Waals surface area contributed by atoms with Gasteiger partial charge in [-0.05, 0) is 12.8 Å². The first kappa shape index (κ1) is 13.3. The number of ether oxygens (including phenoxy) is 1. The van der Waals surface area contributed by atoms with Gasteiger partial charge in [0.15, 0.2) is 0 Å². The fourth-order valence-corrected chi connectivity index (χ4v) is 4.25. The van der Waals surface area contributed by atoms with E-state index in [-0.39, 0.29) is 31.6 Å². The predicted molar refractivity (Wildman–Crippen MR) is 64.2 cm³/mol. The second-order valence-electron chi connectivity index (χ2n) is 4.91. The van der Waals surface area contributed by atoms with E-state index in [0.717, 1.165) is 25.7 Å². The zero-order valence-corrected chi connectivity index (χ0v) is 10.9. The molecule has 0 spiro atoms. The Morgan fingerprint density at radius 2 is 1.88 bits per heavy atom. The van der Waals surface area contributed by atoms with Gasteiger partial charge in [-0.2, -0.15) is 4.31 Å². The van der Waals surface area contributed by atoms with Crippen molar-refractivity contribution in [2.45, 2.75) is 44.2 Å². The van der Waals surface area contributed by atoms with Crippen LogP contribution >= 0.6 is 0 Å². The van der Waals surface area contributed by atoms with E-state index in [1.54, 1.807) is 0 Å². The van der Waals surface area contributed by atoms with Crippen molar-refractivity contribution in [2.24, 2.45) is 0 Å². The molecule has 1 unspecified atom stereocenters. The molecule has 1 atom stereocenters. The lowest BCUT2D eigenvalue weighted by Gasteiger charge is -2.35. The largest absolute Gasteiger partial charge is 0.389 e. The van der Waals surface area contributed by atoms with Gasteiger partial charge in [-0.3, -0.25) is 0 Å². The minimum Gasteiger partial charge on any atom is -0.389 e. The quantitative estimate of drug-likeness (QED) is 0.741. The van der Waals surface area contributed by atoms with Gasteiger partial charge in [-0.25, -0.2) is 8.42 Å². The van der Waals surface area contributed by atoms with Crippen LogP contribution in [0.15, 0.2) is 0 Å². The lowest BCUT2D eigenvalue weighted by molar-refractivity contribution is 0.0207. The number of aliphatic hydroxyl groups excluding tert-OH is 1. The Balaban J connectivity index is 2.12. The van der Waals surface area contributed by atoms with Gasteiger partial charge in [0.05, 0.1) is 25.1 Å². The van der Waals surface area contributed by atoms with Crippen molar-refractivity contribution in [1.82, 2.24) is 4.31 Å². The van der Waals surface area contributed by atoms with Gasteiger partial charge >= 0.3 is 0 Å². The molecule has 2 fully saturated rings. The average molecular weight is 263 g/mol. The van der Waals surface area contributed by atoms with E-state index in [9.17, 15) is 13.5 Å². The van der Waals surface area contributed by atoms with Crippen LogP contribution in [0, 0.1) is 0 Å². The summed E-state index contributed by atoms with van der Waals surface area (Å²) in [6.07, 6.45) is 4.51. The van der Waals surface area contributed by atoms with Crippen molar-refractivity contribution in [2.75, 3.05) is 25.5 Å². The summed E-state index contributed by atoms with van der Waals surface area (Å²) in [7, 11) is -3.27. The summed E-state index contributed by atoms with van der Waals surface area (Å²) in [5.41, 5.74) is 0. The molecule has 17 heavy (non-hydrogen) atoms. The molecule has 0 aromatic rings. The molecule has 0 radical (unpaired) electrons. The highest BCUT2D eigenvalue weighted by Crippen LogP contribution is 2.25. The van der Waals surface area contributed by atoms with Crippen LogP contribution in [-0.4, -0.2) is 55.5 Å². The molecule has 0 bridgehead atoms. The number of hydrogen-bond donors (Lipinski definition) is 1. The molecule has 1 saturated heterocycles. The van der Waals surface area contributed by atoms with Crippen molar-refractivity contribution < 1.29 is 18.3 Å². The molecule has 1 aliphatic heterocycles. The van der Waals surface area contributed by atoms with Crippen LogP contribution in [0.5, 0.6) is 0 Å². The average Bonchev–Trinajstić information content (AvgIpc) is 2.31. The van der Waals surface area contributed by atoms with Crippen molar-refractivity contribution in [3.63, 3.8) is 0 Å². The second-order valence-corrected chi connectivity index (χ2v) is 6.95. The second kappa shape index (κ2) is 5.65. The van der Waals surface area contributed by atoms with Crippen molar-refractivity contribution in [3.05, 3.63) is 0 Å². The van der Waals surface area contributed by atoms with Gasteiger partial charge < -0.3 is 9.84 Å². The van der Waals surface area contributed by atoms with Crippen LogP contribution < -0.4 is 0 Å². The normalized spacial score (nSPS) is 32.9. The van der Waals surface area contributed by atoms with Gasteiger partial charge in [-0.1, -0.05) is 19.3 Å².